The molecule has 1 aliphatic rings. The molecule has 1 rings (SSSR count). The van der Waals surface area contributed by atoms with Crippen LogP contribution in [0.4, 0.5) is 0 Å². The summed E-state index contributed by atoms with van der Waals surface area (Å²) in [5.74, 6) is 0. The molecule has 0 fully saturated rings. The van der Waals surface area contributed by atoms with E-state index in [1.165, 1.54) is 16.7 Å². The van der Waals surface area contributed by atoms with Crippen molar-refractivity contribution in [2.75, 3.05) is 0 Å². The number of hydrogen-bond donors (Lipinski definition) is 0. The first kappa shape index (κ1) is 3.87. The fraction of sp³-hybridized carbons (Fsp3) is 0.200. The Kier molecular flexibility index (Phi) is 0.924. The van der Waals surface area contributed by atoms with Gasteiger partial charge in [0.15, 0.2) is 0 Å². The summed E-state index contributed by atoms with van der Waals surface area (Å²) in [4.78, 5) is 0. The van der Waals surface area contributed by atoms with E-state index in [9.17, 15) is 0 Å². The van der Waals surface area contributed by atoms with E-state index in [0.29, 0.717) is 0 Å². The second kappa shape index (κ2) is 1.43. The molecule has 0 unspecified atom stereocenters. The van der Waals surface area contributed by atoms with Gasteiger partial charge in [-0.05, 0) is 6.42 Å². The Morgan fingerprint density at radius 2 is 2.50 bits per heavy atom. The van der Waals surface area contributed by atoms with Crippen molar-refractivity contribution in [3.63, 3.8) is 0 Å². The molecule has 6 heavy (non-hydrogen) atoms. The van der Waals surface area contributed by atoms with Gasteiger partial charge in [-0.3, -0.25) is 0 Å². The van der Waals surface area contributed by atoms with Gasteiger partial charge < -0.3 is 0 Å². The summed E-state index contributed by atoms with van der Waals surface area (Å²) < 4.78 is 0. The van der Waals surface area contributed by atoms with Gasteiger partial charge in [0.05, 0.1) is 0 Å². The largest absolute Gasteiger partial charge is 0.0881 e. The van der Waals surface area contributed by atoms with Gasteiger partial charge in [0.25, 0.3) is 0 Å². The van der Waals surface area contributed by atoms with Crippen molar-refractivity contribution in [2.45, 2.75) is 6.42 Å². The minimum Gasteiger partial charge on any atom is -0.0881 e. The molecule has 0 nitrogen and oxygen atoms in total. The quantitative estimate of drug-likeness (QED) is 0.378. The van der Waals surface area contributed by atoms with E-state index in [0.717, 1.165) is 0 Å². The van der Waals surface area contributed by atoms with Crippen molar-refractivity contribution < 1.29 is 0 Å². The summed E-state index contributed by atoms with van der Waals surface area (Å²) >= 11 is 0. The van der Waals surface area contributed by atoms with Gasteiger partial charge in [0.2, 0.25) is 0 Å². The fourth-order valence-corrected chi connectivity index (χ4v) is 0.982. The summed E-state index contributed by atoms with van der Waals surface area (Å²) in [6.07, 6.45) is 7.75. The normalized spacial score (nSPS) is 19.0. The summed E-state index contributed by atoms with van der Waals surface area (Å²) in [6, 6.07) is 0. The average molecular weight is 96.2 g/mol. The second-order valence-electron chi connectivity index (χ2n) is 1.65. The molecule has 0 amide bonds. The molecule has 0 heterocycles. The number of rotatable bonds is 0. The van der Waals surface area contributed by atoms with E-state index in [1.807, 2.05) is 0 Å². The van der Waals surface area contributed by atoms with Crippen LogP contribution >= 0.6 is 0 Å². The van der Waals surface area contributed by atoms with Gasteiger partial charge in [-0.15, -0.1) is 0 Å². The zero-order valence-electron chi connectivity index (χ0n) is 3.94. The van der Waals surface area contributed by atoms with Crippen LogP contribution < -0.4 is 0 Å². The molecule has 0 saturated heterocycles. The monoisotopic (exact) mass is 96.0 g/mol. The van der Waals surface area contributed by atoms with Crippen molar-refractivity contribution >= 4 is 10.2 Å². The van der Waals surface area contributed by atoms with Gasteiger partial charge in [0.1, 0.15) is 0 Å². The van der Waals surface area contributed by atoms with Gasteiger partial charge >= 0.3 is 0 Å². The lowest BCUT2D eigenvalue weighted by Gasteiger charge is -1.78. The lowest BCUT2D eigenvalue weighted by Crippen LogP contribution is -1.68. The fourth-order valence-electron chi connectivity index (χ4n) is 0.554. The minimum absolute atomic E-state index is 1.23. The van der Waals surface area contributed by atoms with Crippen LogP contribution in [0.5, 0.6) is 0 Å². The zero-order chi connectivity index (χ0) is 4.41. The van der Waals surface area contributed by atoms with E-state index in [2.05, 4.69) is 18.2 Å². The Hall–Kier alpha value is -0.303. The zero-order valence-corrected chi connectivity index (χ0v) is 5.94. The predicted molar refractivity (Wildman–Crippen MR) is 31.8 cm³/mol. The highest BCUT2D eigenvalue weighted by atomic mass is 28.1. The summed E-state index contributed by atoms with van der Waals surface area (Å²) in [5, 5.41) is 1.61. The van der Waals surface area contributed by atoms with E-state index in [-0.39, 0.29) is 0 Å². The molecule has 0 N–H and O–H groups in total. The molecule has 1 aliphatic carbocycles. The van der Waals surface area contributed by atoms with E-state index >= 15 is 0 Å². The van der Waals surface area contributed by atoms with Crippen molar-refractivity contribution in [1.29, 1.82) is 0 Å². The lowest BCUT2D eigenvalue weighted by atomic mass is 10.5. The molecule has 0 bridgehead atoms. The molecular formula is C5H8Si. The van der Waals surface area contributed by atoms with Crippen LogP contribution in [0, 0.1) is 0 Å². The van der Waals surface area contributed by atoms with Crippen molar-refractivity contribution in [2.24, 2.45) is 0 Å². The molecule has 0 atom stereocenters. The first-order chi connectivity index (χ1) is 2.89. The molecule has 0 saturated carbocycles. The molecule has 0 spiro atoms. The Bertz CT molecular complexity index is 101. The van der Waals surface area contributed by atoms with E-state index in [1.54, 1.807) is 5.20 Å². The van der Waals surface area contributed by atoms with Crippen LogP contribution in [0.25, 0.3) is 0 Å². The van der Waals surface area contributed by atoms with Gasteiger partial charge in [-0.2, -0.15) is 0 Å². The van der Waals surface area contributed by atoms with Crippen LogP contribution in [-0.4, -0.2) is 10.2 Å². The van der Waals surface area contributed by atoms with Crippen molar-refractivity contribution in [3.8, 4) is 0 Å². The molecule has 32 valence electrons. The first-order valence-electron chi connectivity index (χ1n) is 2.22. The van der Waals surface area contributed by atoms with Crippen LogP contribution in [0.1, 0.15) is 6.42 Å². The summed E-state index contributed by atoms with van der Waals surface area (Å²) in [6.45, 7) is 0. The molecule has 0 radical (unpaired) electrons. The van der Waals surface area contributed by atoms with Crippen LogP contribution in [-0.2, 0) is 0 Å². The predicted octanol–water partition coefficient (Wildman–Crippen LogP) is 0.196. The topological polar surface area (TPSA) is 0 Å². The van der Waals surface area contributed by atoms with Gasteiger partial charge in [-0.1, -0.05) is 23.4 Å². The highest BCUT2D eigenvalue weighted by molar-refractivity contribution is 6.22. The van der Waals surface area contributed by atoms with Gasteiger partial charge in [0, 0.05) is 10.2 Å². The summed E-state index contributed by atoms with van der Waals surface area (Å²) in [7, 11) is 1.25. The highest BCUT2D eigenvalue weighted by Gasteiger charge is 1.86. The van der Waals surface area contributed by atoms with E-state index < -0.39 is 0 Å². The van der Waals surface area contributed by atoms with Crippen LogP contribution in [0.3, 0.4) is 0 Å². The number of allylic oxidation sites excluding steroid dienone is 4. The Balaban J connectivity index is 2.61. The molecule has 0 aromatic heterocycles. The third-order valence-corrected chi connectivity index (χ3v) is 1.70. The Morgan fingerprint density at radius 3 is 2.67 bits per heavy atom. The lowest BCUT2D eigenvalue weighted by molar-refractivity contribution is 1.41. The second-order valence-corrected chi connectivity index (χ2v) is 2.93. The Morgan fingerprint density at radius 1 is 1.67 bits per heavy atom. The maximum absolute atomic E-state index is 2.20. The molecule has 0 aliphatic heterocycles. The smallest absolute Gasteiger partial charge is 0.0337 e. The molecule has 0 aromatic rings. The molecule has 1 heteroatoms. The molecular weight excluding hydrogens is 88.1 g/mol. The maximum Gasteiger partial charge on any atom is 0.0337 e. The summed E-state index contributed by atoms with van der Waals surface area (Å²) in [5.41, 5.74) is 0. The van der Waals surface area contributed by atoms with Gasteiger partial charge in [-0.25, -0.2) is 0 Å². The van der Waals surface area contributed by atoms with E-state index in [4.69, 9.17) is 0 Å². The molecule has 0 aromatic carbocycles. The van der Waals surface area contributed by atoms with Crippen LogP contribution in [0.15, 0.2) is 23.4 Å². The SMILES string of the molecule is [SiH3]C1=CC=CC1. The average Bonchev–Trinajstić information content (AvgIpc) is 1.86. The first-order valence-corrected chi connectivity index (χ1v) is 3.22. The number of hydrogen-bond acceptors (Lipinski definition) is 0. The van der Waals surface area contributed by atoms with Crippen LogP contribution in [0.2, 0.25) is 0 Å². The standard InChI is InChI=1S/C5H8Si/c6-5-3-1-2-4-5/h1-3H,4H2,6H3. The third-order valence-electron chi connectivity index (χ3n) is 0.957. The Labute approximate surface area is 41.0 Å². The maximum atomic E-state index is 2.20. The van der Waals surface area contributed by atoms with Crippen molar-refractivity contribution in [1.82, 2.24) is 0 Å². The third kappa shape index (κ3) is 0.600. The highest BCUT2D eigenvalue weighted by Crippen LogP contribution is 2.03. The minimum atomic E-state index is 1.23. The van der Waals surface area contributed by atoms with Crippen molar-refractivity contribution in [3.05, 3.63) is 23.4 Å².